The number of sulfonamides is 1. The smallest absolute Gasteiger partial charge is 0.238 e. The van der Waals surface area contributed by atoms with Gasteiger partial charge in [0.25, 0.3) is 0 Å². The van der Waals surface area contributed by atoms with Crippen molar-refractivity contribution >= 4 is 21.4 Å². The summed E-state index contributed by atoms with van der Waals surface area (Å²) >= 11 is 0. The topological polar surface area (TPSA) is 118 Å². The Bertz CT molecular complexity index is 601. The second kappa shape index (κ2) is 5.59. The van der Waals surface area contributed by atoms with Gasteiger partial charge in [-0.1, -0.05) is 12.8 Å². The lowest BCUT2D eigenvalue weighted by atomic mass is 9.92. The highest BCUT2D eigenvalue weighted by atomic mass is 32.2. The highest BCUT2D eigenvalue weighted by Gasteiger charge is 2.24. The van der Waals surface area contributed by atoms with Gasteiger partial charge in [-0.15, -0.1) is 0 Å². The number of nitrogen functional groups attached to an aromatic ring is 1. The van der Waals surface area contributed by atoms with Crippen LogP contribution < -0.4 is 16.2 Å². The minimum Gasteiger partial charge on any atom is -0.399 e. The van der Waals surface area contributed by atoms with Crippen LogP contribution in [-0.2, 0) is 10.0 Å². The zero-order valence-corrected chi connectivity index (χ0v) is 12.3. The molecule has 0 aliphatic heterocycles. The van der Waals surface area contributed by atoms with E-state index in [4.69, 9.17) is 10.9 Å². The number of hydrogen-bond acceptors (Lipinski definition) is 5. The largest absolute Gasteiger partial charge is 0.399 e. The van der Waals surface area contributed by atoms with Crippen molar-refractivity contribution in [2.75, 3.05) is 11.1 Å². The number of nitrogens with one attached hydrogen (secondary N) is 1. The third kappa shape index (κ3) is 3.23. The van der Waals surface area contributed by atoms with Crippen molar-refractivity contribution in [3.05, 3.63) is 17.7 Å². The lowest BCUT2D eigenvalue weighted by Crippen LogP contribution is -2.36. The molecule has 7 heteroatoms. The van der Waals surface area contributed by atoms with Gasteiger partial charge in [0.2, 0.25) is 10.0 Å². The van der Waals surface area contributed by atoms with E-state index in [1.807, 2.05) is 0 Å². The average molecular weight is 299 g/mol. The fraction of sp³-hybridized carbons (Fsp3) is 0.538. The molecular weight excluding hydrogens is 278 g/mol. The Morgan fingerprint density at radius 2 is 1.95 bits per heavy atom. The maximum atomic E-state index is 11.6. The zero-order valence-electron chi connectivity index (χ0n) is 11.5. The van der Waals surface area contributed by atoms with E-state index in [-0.39, 0.29) is 10.9 Å². The van der Waals surface area contributed by atoms with Gasteiger partial charge in [-0.05, 0) is 37.5 Å². The fourth-order valence-corrected chi connectivity index (χ4v) is 3.47. The second-order valence-corrected chi connectivity index (χ2v) is 6.87. The predicted molar refractivity (Wildman–Crippen MR) is 78.9 cm³/mol. The molecule has 2 rings (SSSR count). The Balaban J connectivity index is 2.34. The van der Waals surface area contributed by atoms with E-state index in [1.54, 1.807) is 13.0 Å². The zero-order chi connectivity index (χ0) is 14.9. The molecule has 0 spiro atoms. The molecule has 0 amide bonds. The summed E-state index contributed by atoms with van der Waals surface area (Å²) in [5.74, 6) is 0. The van der Waals surface area contributed by atoms with Gasteiger partial charge in [0.15, 0.2) is 0 Å². The van der Waals surface area contributed by atoms with Gasteiger partial charge < -0.3 is 16.2 Å². The molecule has 1 saturated carbocycles. The molecule has 1 aliphatic carbocycles. The Labute approximate surface area is 119 Å². The van der Waals surface area contributed by atoms with Gasteiger partial charge in [-0.3, -0.25) is 0 Å². The van der Waals surface area contributed by atoms with E-state index >= 15 is 0 Å². The number of rotatable bonds is 3. The third-order valence-electron chi connectivity index (χ3n) is 3.76. The van der Waals surface area contributed by atoms with Crippen LogP contribution in [0.3, 0.4) is 0 Å². The Morgan fingerprint density at radius 1 is 1.30 bits per heavy atom. The number of benzene rings is 1. The lowest BCUT2D eigenvalue weighted by Gasteiger charge is -2.30. The molecule has 6 nitrogen and oxygen atoms in total. The number of hydrogen-bond donors (Lipinski definition) is 4. The molecule has 6 N–H and O–H groups in total. The normalized spacial score (nSPS) is 23.6. The summed E-state index contributed by atoms with van der Waals surface area (Å²) in [6, 6.07) is 2.94. The van der Waals surface area contributed by atoms with Gasteiger partial charge in [0, 0.05) is 11.4 Å². The molecule has 1 fully saturated rings. The van der Waals surface area contributed by atoms with Crippen molar-refractivity contribution < 1.29 is 13.5 Å². The van der Waals surface area contributed by atoms with E-state index in [9.17, 15) is 13.5 Å². The van der Waals surface area contributed by atoms with Crippen molar-refractivity contribution in [3.8, 4) is 0 Å². The minimum absolute atomic E-state index is 0.0188. The van der Waals surface area contributed by atoms with Crippen molar-refractivity contribution in [2.24, 2.45) is 5.14 Å². The summed E-state index contributed by atoms with van der Waals surface area (Å²) < 4.78 is 23.1. The first-order chi connectivity index (χ1) is 9.29. The molecule has 1 aromatic rings. The quantitative estimate of drug-likeness (QED) is 0.619. The summed E-state index contributed by atoms with van der Waals surface area (Å²) in [4.78, 5) is 0.0188. The maximum absolute atomic E-state index is 11.6. The van der Waals surface area contributed by atoms with Crippen LogP contribution in [0.25, 0.3) is 0 Å². The van der Waals surface area contributed by atoms with Crippen molar-refractivity contribution in [1.82, 2.24) is 0 Å². The van der Waals surface area contributed by atoms with Crippen molar-refractivity contribution in [3.63, 3.8) is 0 Å². The SMILES string of the molecule is Cc1c(NC2CCCCC2O)cc(N)cc1S(N)(=O)=O. The van der Waals surface area contributed by atoms with Crippen molar-refractivity contribution in [1.29, 1.82) is 0 Å². The minimum atomic E-state index is -3.82. The van der Waals surface area contributed by atoms with Crippen LogP contribution in [0.1, 0.15) is 31.2 Å². The summed E-state index contributed by atoms with van der Waals surface area (Å²) in [6.45, 7) is 1.68. The van der Waals surface area contributed by atoms with E-state index in [1.165, 1.54) is 6.07 Å². The van der Waals surface area contributed by atoms with Crippen LogP contribution in [0.15, 0.2) is 17.0 Å². The Kier molecular flexibility index (Phi) is 4.22. The van der Waals surface area contributed by atoms with Crippen LogP contribution in [0.4, 0.5) is 11.4 Å². The highest BCUT2D eigenvalue weighted by molar-refractivity contribution is 7.89. The Morgan fingerprint density at radius 3 is 2.55 bits per heavy atom. The predicted octanol–water partition coefficient (Wildman–Crippen LogP) is 0.940. The van der Waals surface area contributed by atoms with Gasteiger partial charge in [0.05, 0.1) is 17.0 Å². The average Bonchev–Trinajstić information content (AvgIpc) is 2.34. The van der Waals surface area contributed by atoms with Gasteiger partial charge >= 0.3 is 0 Å². The van der Waals surface area contributed by atoms with Crippen LogP contribution >= 0.6 is 0 Å². The third-order valence-corrected chi connectivity index (χ3v) is 4.80. The number of anilines is 2. The molecule has 2 atom stereocenters. The van der Waals surface area contributed by atoms with Gasteiger partial charge in [-0.2, -0.15) is 0 Å². The molecule has 1 aliphatic rings. The van der Waals surface area contributed by atoms with Crippen LogP contribution in [0.2, 0.25) is 0 Å². The van der Waals surface area contributed by atoms with Gasteiger partial charge in [0.1, 0.15) is 0 Å². The number of nitrogens with two attached hydrogens (primary N) is 2. The second-order valence-electron chi connectivity index (χ2n) is 5.34. The van der Waals surface area contributed by atoms with Crippen molar-refractivity contribution in [2.45, 2.75) is 49.6 Å². The molecule has 2 unspecified atom stereocenters. The summed E-state index contributed by atoms with van der Waals surface area (Å²) in [5.41, 5.74) is 7.21. The van der Waals surface area contributed by atoms with E-state index < -0.39 is 16.1 Å². The molecule has 0 saturated heterocycles. The first-order valence-corrected chi connectivity index (χ1v) is 8.21. The monoisotopic (exact) mass is 299 g/mol. The summed E-state index contributed by atoms with van der Waals surface area (Å²) in [7, 11) is -3.82. The van der Waals surface area contributed by atoms with E-state index in [0.717, 1.165) is 25.7 Å². The van der Waals surface area contributed by atoms with Crippen LogP contribution in [0.5, 0.6) is 0 Å². The molecule has 1 aromatic carbocycles. The summed E-state index contributed by atoms with van der Waals surface area (Å²) in [5, 5.41) is 18.4. The molecule has 0 aromatic heterocycles. The molecule has 0 bridgehead atoms. The molecule has 20 heavy (non-hydrogen) atoms. The molecule has 112 valence electrons. The Hall–Kier alpha value is -1.31. The maximum Gasteiger partial charge on any atom is 0.238 e. The number of aliphatic hydroxyl groups is 1. The first-order valence-electron chi connectivity index (χ1n) is 6.66. The van der Waals surface area contributed by atoms with Gasteiger partial charge in [-0.25, -0.2) is 13.6 Å². The fourth-order valence-electron chi connectivity index (χ4n) is 2.63. The molecular formula is C13H21N3O3S. The number of primary sulfonamides is 1. The molecule has 0 radical (unpaired) electrons. The van der Waals surface area contributed by atoms with Crippen LogP contribution in [0, 0.1) is 6.92 Å². The van der Waals surface area contributed by atoms with E-state index in [2.05, 4.69) is 5.32 Å². The first kappa shape index (κ1) is 15.1. The highest BCUT2D eigenvalue weighted by Crippen LogP contribution is 2.29. The number of aliphatic hydroxyl groups excluding tert-OH is 1. The van der Waals surface area contributed by atoms with E-state index in [0.29, 0.717) is 16.9 Å². The summed E-state index contributed by atoms with van der Waals surface area (Å²) in [6.07, 6.45) is 3.22. The van der Waals surface area contributed by atoms with Crippen LogP contribution in [-0.4, -0.2) is 25.7 Å². The lowest BCUT2D eigenvalue weighted by molar-refractivity contribution is 0.116. The standard InChI is InChI=1S/C13H21N3O3S/c1-8-11(16-10-4-2-3-5-12(10)17)6-9(14)7-13(8)20(15,18)19/h6-7,10,12,16-17H,2-5,14H2,1H3,(H2,15,18,19). The molecule has 0 heterocycles.